The van der Waals surface area contributed by atoms with Crippen LogP contribution in [-0.2, 0) is 7.05 Å². The van der Waals surface area contributed by atoms with E-state index in [0.717, 1.165) is 29.3 Å². The molecule has 0 aliphatic carbocycles. The molecule has 0 radical (unpaired) electrons. The molecule has 26 heavy (non-hydrogen) atoms. The average molecular weight is 369 g/mol. The molecule has 0 saturated carbocycles. The van der Waals surface area contributed by atoms with E-state index in [-0.39, 0.29) is 5.91 Å². The Bertz CT molecular complexity index is 962. The van der Waals surface area contributed by atoms with Gasteiger partial charge < -0.3 is 9.80 Å². The standard InChI is InChI=1S/C19H23N5OS/c1-12-9-13(2)17-15(10-12)21-19(26-17)24-7-5-23(6-8-24)18(25)16-14(3)11-20-22(16)4/h9-11H,5-8H2,1-4H3. The molecule has 4 rings (SSSR count). The number of nitrogens with zero attached hydrogens (tertiary/aromatic N) is 5. The highest BCUT2D eigenvalue weighted by molar-refractivity contribution is 7.22. The molecule has 0 N–H and O–H groups in total. The second-order valence-corrected chi connectivity index (χ2v) is 7.98. The molecule has 6 nitrogen and oxygen atoms in total. The Labute approximate surface area is 157 Å². The molecule has 0 unspecified atom stereocenters. The fourth-order valence-electron chi connectivity index (χ4n) is 3.61. The topological polar surface area (TPSA) is 54.3 Å². The van der Waals surface area contributed by atoms with Gasteiger partial charge in [-0.1, -0.05) is 17.4 Å². The molecule has 1 amide bonds. The van der Waals surface area contributed by atoms with Crippen LogP contribution in [0.25, 0.3) is 10.2 Å². The normalized spacial score (nSPS) is 15.1. The van der Waals surface area contributed by atoms with E-state index in [4.69, 9.17) is 4.98 Å². The zero-order valence-corrected chi connectivity index (χ0v) is 16.4. The van der Waals surface area contributed by atoms with Crippen LogP contribution in [0.1, 0.15) is 27.2 Å². The highest BCUT2D eigenvalue weighted by Crippen LogP contribution is 2.32. The van der Waals surface area contributed by atoms with Crippen LogP contribution in [0, 0.1) is 20.8 Å². The predicted octanol–water partition coefficient (Wildman–Crippen LogP) is 2.92. The summed E-state index contributed by atoms with van der Waals surface area (Å²) in [5, 5.41) is 5.24. The number of rotatable bonds is 2. The number of aryl methyl sites for hydroxylation is 4. The van der Waals surface area contributed by atoms with Crippen LogP contribution in [-0.4, -0.2) is 51.8 Å². The molecule has 1 aliphatic rings. The minimum Gasteiger partial charge on any atom is -0.345 e. The summed E-state index contributed by atoms with van der Waals surface area (Å²) in [6, 6.07) is 4.35. The molecule has 1 aromatic carbocycles. The van der Waals surface area contributed by atoms with Crippen LogP contribution in [0.4, 0.5) is 5.13 Å². The van der Waals surface area contributed by atoms with Gasteiger partial charge in [-0.25, -0.2) is 4.98 Å². The lowest BCUT2D eigenvalue weighted by molar-refractivity contribution is 0.0735. The van der Waals surface area contributed by atoms with Gasteiger partial charge in [0.05, 0.1) is 16.4 Å². The van der Waals surface area contributed by atoms with E-state index in [9.17, 15) is 4.79 Å². The minimum absolute atomic E-state index is 0.0675. The van der Waals surface area contributed by atoms with Crippen LogP contribution in [0.3, 0.4) is 0 Å². The molecule has 0 spiro atoms. The molecule has 1 saturated heterocycles. The molecule has 2 aromatic heterocycles. The van der Waals surface area contributed by atoms with Crippen molar-refractivity contribution in [3.63, 3.8) is 0 Å². The summed E-state index contributed by atoms with van der Waals surface area (Å²) in [5.41, 5.74) is 5.21. The maximum Gasteiger partial charge on any atom is 0.272 e. The number of amides is 1. The first kappa shape index (κ1) is 17.0. The molecule has 3 heterocycles. The number of thiazole rings is 1. The van der Waals surface area contributed by atoms with Gasteiger partial charge in [0.25, 0.3) is 5.91 Å². The fraction of sp³-hybridized carbons (Fsp3) is 0.421. The molecule has 1 aliphatic heterocycles. The molecule has 7 heteroatoms. The van der Waals surface area contributed by atoms with Gasteiger partial charge >= 0.3 is 0 Å². The van der Waals surface area contributed by atoms with Crippen LogP contribution in [0.2, 0.25) is 0 Å². The summed E-state index contributed by atoms with van der Waals surface area (Å²) < 4.78 is 2.93. The van der Waals surface area contributed by atoms with Crippen molar-refractivity contribution >= 4 is 32.6 Å². The summed E-state index contributed by atoms with van der Waals surface area (Å²) in [6.45, 7) is 9.21. The molecule has 3 aromatic rings. The Kier molecular flexibility index (Phi) is 4.19. The first-order chi connectivity index (χ1) is 12.4. The maximum absolute atomic E-state index is 12.8. The van der Waals surface area contributed by atoms with Crippen molar-refractivity contribution in [1.29, 1.82) is 0 Å². The second-order valence-electron chi connectivity index (χ2n) is 7.01. The first-order valence-corrected chi connectivity index (χ1v) is 9.66. The maximum atomic E-state index is 12.8. The second kappa shape index (κ2) is 6.39. The minimum atomic E-state index is 0.0675. The number of carbonyl (C=O) groups is 1. The van der Waals surface area contributed by atoms with E-state index in [0.29, 0.717) is 18.8 Å². The summed E-state index contributed by atoms with van der Waals surface area (Å²) in [7, 11) is 1.82. The number of hydrogen-bond donors (Lipinski definition) is 0. The lowest BCUT2D eigenvalue weighted by atomic mass is 10.1. The Morgan fingerprint density at radius 2 is 1.81 bits per heavy atom. The van der Waals surface area contributed by atoms with Gasteiger partial charge in [-0.05, 0) is 43.5 Å². The van der Waals surface area contributed by atoms with Crippen LogP contribution in [0.5, 0.6) is 0 Å². The number of fused-ring (bicyclic) bond motifs is 1. The van der Waals surface area contributed by atoms with Crippen molar-refractivity contribution in [2.24, 2.45) is 7.05 Å². The number of benzene rings is 1. The van der Waals surface area contributed by atoms with Crippen molar-refractivity contribution < 1.29 is 4.79 Å². The van der Waals surface area contributed by atoms with E-state index >= 15 is 0 Å². The van der Waals surface area contributed by atoms with E-state index in [1.807, 2.05) is 18.9 Å². The third kappa shape index (κ3) is 2.86. The van der Waals surface area contributed by atoms with E-state index in [1.54, 1.807) is 22.2 Å². The summed E-state index contributed by atoms with van der Waals surface area (Å²) in [5.74, 6) is 0.0675. The lowest BCUT2D eigenvalue weighted by Crippen LogP contribution is -2.49. The largest absolute Gasteiger partial charge is 0.345 e. The molecule has 1 fully saturated rings. The monoisotopic (exact) mass is 369 g/mol. The van der Waals surface area contributed by atoms with Crippen molar-refractivity contribution in [3.8, 4) is 0 Å². The van der Waals surface area contributed by atoms with Crippen LogP contribution in [0.15, 0.2) is 18.3 Å². The van der Waals surface area contributed by atoms with E-state index < -0.39 is 0 Å². The predicted molar refractivity (Wildman–Crippen MR) is 105 cm³/mol. The van der Waals surface area contributed by atoms with E-state index in [1.165, 1.54) is 15.8 Å². The van der Waals surface area contributed by atoms with Crippen molar-refractivity contribution in [2.45, 2.75) is 20.8 Å². The van der Waals surface area contributed by atoms with Gasteiger partial charge in [0, 0.05) is 33.2 Å². The van der Waals surface area contributed by atoms with E-state index in [2.05, 4.69) is 36.0 Å². The molecular weight excluding hydrogens is 346 g/mol. The molecule has 136 valence electrons. The summed E-state index contributed by atoms with van der Waals surface area (Å²) in [6.07, 6.45) is 1.74. The first-order valence-electron chi connectivity index (χ1n) is 8.84. The number of piperazine rings is 1. The van der Waals surface area contributed by atoms with Gasteiger partial charge in [0.2, 0.25) is 0 Å². The van der Waals surface area contributed by atoms with Gasteiger partial charge in [-0.15, -0.1) is 0 Å². The number of aromatic nitrogens is 3. The fourth-order valence-corrected chi connectivity index (χ4v) is 4.67. The third-order valence-corrected chi connectivity index (χ3v) is 6.24. The highest BCUT2D eigenvalue weighted by atomic mass is 32.1. The number of carbonyl (C=O) groups excluding carboxylic acids is 1. The van der Waals surface area contributed by atoms with Gasteiger partial charge in [0.15, 0.2) is 5.13 Å². The highest BCUT2D eigenvalue weighted by Gasteiger charge is 2.26. The van der Waals surface area contributed by atoms with Crippen LogP contribution < -0.4 is 4.90 Å². The quantitative estimate of drug-likeness (QED) is 0.697. The smallest absolute Gasteiger partial charge is 0.272 e. The zero-order chi connectivity index (χ0) is 18.4. The molecule has 0 bridgehead atoms. The number of hydrogen-bond acceptors (Lipinski definition) is 5. The third-order valence-electron chi connectivity index (χ3n) is 4.97. The van der Waals surface area contributed by atoms with Gasteiger partial charge in [-0.2, -0.15) is 5.10 Å². The number of anilines is 1. The van der Waals surface area contributed by atoms with Crippen molar-refractivity contribution in [2.75, 3.05) is 31.1 Å². The average Bonchev–Trinajstić information content (AvgIpc) is 3.18. The Morgan fingerprint density at radius 1 is 1.08 bits per heavy atom. The Morgan fingerprint density at radius 3 is 2.46 bits per heavy atom. The SMILES string of the molecule is Cc1cc(C)c2sc(N3CCN(C(=O)c4c(C)cnn4C)CC3)nc2c1. The Hall–Kier alpha value is -2.41. The molecular formula is C19H23N5OS. The summed E-state index contributed by atoms with van der Waals surface area (Å²) >= 11 is 1.75. The van der Waals surface area contributed by atoms with Gasteiger partial charge in [-0.3, -0.25) is 9.48 Å². The summed E-state index contributed by atoms with van der Waals surface area (Å²) in [4.78, 5) is 21.8. The van der Waals surface area contributed by atoms with Crippen LogP contribution >= 0.6 is 11.3 Å². The van der Waals surface area contributed by atoms with Gasteiger partial charge in [0.1, 0.15) is 5.69 Å². The lowest BCUT2D eigenvalue weighted by Gasteiger charge is -2.34. The van der Waals surface area contributed by atoms with Crippen molar-refractivity contribution in [1.82, 2.24) is 19.7 Å². The molecule has 0 atom stereocenters. The zero-order valence-electron chi connectivity index (χ0n) is 15.6. The van der Waals surface area contributed by atoms with Crippen molar-refractivity contribution in [3.05, 3.63) is 40.7 Å². The Balaban J connectivity index is 1.50.